The van der Waals surface area contributed by atoms with Crippen molar-refractivity contribution in [3.63, 3.8) is 0 Å². The monoisotopic (exact) mass is 204 g/mol. The Morgan fingerprint density at radius 2 is 1.93 bits per heavy atom. The van der Waals surface area contributed by atoms with Crippen molar-refractivity contribution in [1.29, 1.82) is 0 Å². The van der Waals surface area contributed by atoms with E-state index in [0.29, 0.717) is 0 Å². The average Bonchev–Trinajstić information content (AvgIpc) is 2.47. The predicted molar refractivity (Wildman–Crippen MR) is 61.1 cm³/mol. The summed E-state index contributed by atoms with van der Waals surface area (Å²) in [5.74, 6) is 1.03. The van der Waals surface area contributed by atoms with E-state index in [9.17, 15) is 0 Å². The van der Waals surface area contributed by atoms with Crippen LogP contribution in [-0.4, -0.2) is 22.6 Å². The summed E-state index contributed by atoms with van der Waals surface area (Å²) in [5.41, 5.74) is 1.44. The third-order valence-electron chi connectivity index (χ3n) is 2.93. The van der Waals surface area contributed by atoms with Gasteiger partial charge in [0, 0.05) is 19.4 Å². The molecule has 2 nitrogen and oxygen atoms in total. The number of hydrogen-bond acceptors (Lipinski definition) is 1. The molecule has 2 heteroatoms. The summed E-state index contributed by atoms with van der Waals surface area (Å²) in [4.78, 5) is 0. The summed E-state index contributed by atoms with van der Waals surface area (Å²) in [7, 11) is 0. The number of hydrogen-bond donors (Lipinski definition) is 0. The zero-order chi connectivity index (χ0) is 10.9. The minimum absolute atomic E-state index is 0.111. The molecule has 0 bridgehead atoms. The first kappa shape index (κ1) is 10.2. The van der Waals surface area contributed by atoms with Gasteiger partial charge < -0.3 is 4.74 Å². The fourth-order valence-electron chi connectivity index (χ4n) is 1.95. The van der Waals surface area contributed by atoms with Gasteiger partial charge in [-0.2, -0.15) is 4.58 Å². The van der Waals surface area contributed by atoms with Crippen molar-refractivity contribution >= 4 is 5.90 Å². The fraction of sp³-hybridized carbons (Fsp3) is 0.462. The molecule has 0 N–H and O–H groups in total. The smallest absolute Gasteiger partial charge is 0.334 e. The van der Waals surface area contributed by atoms with Crippen molar-refractivity contribution in [3.05, 3.63) is 35.9 Å². The summed E-state index contributed by atoms with van der Waals surface area (Å²) in [6.07, 6.45) is 0. The average molecular weight is 204 g/mol. The Labute approximate surface area is 91.2 Å². The summed E-state index contributed by atoms with van der Waals surface area (Å²) in [5, 5.41) is 0. The lowest BCUT2D eigenvalue weighted by molar-refractivity contribution is -0.604. The van der Waals surface area contributed by atoms with Gasteiger partial charge in [0.25, 0.3) is 0 Å². The van der Waals surface area contributed by atoms with Gasteiger partial charge in [0.1, 0.15) is 0 Å². The number of ether oxygens (including phenoxy) is 1. The highest BCUT2D eigenvalue weighted by molar-refractivity contribution is 5.69. The lowest BCUT2D eigenvalue weighted by Crippen LogP contribution is -2.35. The van der Waals surface area contributed by atoms with Gasteiger partial charge >= 0.3 is 5.90 Å². The highest BCUT2D eigenvalue weighted by Gasteiger charge is 2.39. The molecule has 0 spiro atoms. The molecule has 2 rings (SSSR count). The van der Waals surface area contributed by atoms with Crippen LogP contribution < -0.4 is 0 Å². The molecule has 80 valence electrons. The van der Waals surface area contributed by atoms with Crippen LogP contribution >= 0.6 is 0 Å². The Morgan fingerprint density at radius 3 is 2.47 bits per heavy atom. The summed E-state index contributed by atoms with van der Waals surface area (Å²) >= 11 is 0. The molecule has 1 aliphatic rings. The van der Waals surface area contributed by atoms with Crippen molar-refractivity contribution in [2.24, 2.45) is 0 Å². The minimum Gasteiger partial charge on any atom is -0.441 e. The molecule has 0 aromatic heterocycles. The zero-order valence-corrected chi connectivity index (χ0v) is 9.66. The first-order chi connectivity index (χ1) is 7.09. The van der Waals surface area contributed by atoms with E-state index in [2.05, 4.69) is 42.7 Å². The molecule has 1 aromatic carbocycles. The van der Waals surface area contributed by atoms with Gasteiger partial charge in [-0.1, -0.05) is 30.3 Å². The van der Waals surface area contributed by atoms with E-state index in [0.717, 1.165) is 19.0 Å². The summed E-state index contributed by atoms with van der Waals surface area (Å²) in [6.45, 7) is 8.18. The largest absolute Gasteiger partial charge is 0.441 e. The van der Waals surface area contributed by atoms with Gasteiger partial charge in [0.15, 0.2) is 18.7 Å². The molecule has 0 saturated heterocycles. The number of rotatable bonds is 2. The van der Waals surface area contributed by atoms with Crippen LogP contribution in [0.1, 0.15) is 26.3 Å². The fourth-order valence-corrected chi connectivity index (χ4v) is 1.95. The molecule has 0 unspecified atom stereocenters. The van der Waals surface area contributed by atoms with Gasteiger partial charge in [0.05, 0.1) is 6.92 Å². The second-order valence-electron chi connectivity index (χ2n) is 4.69. The van der Waals surface area contributed by atoms with Crippen LogP contribution in [0.2, 0.25) is 0 Å². The Balaban J connectivity index is 2.22. The highest BCUT2D eigenvalue weighted by atomic mass is 16.5. The van der Waals surface area contributed by atoms with Crippen molar-refractivity contribution in [2.45, 2.75) is 32.9 Å². The van der Waals surface area contributed by atoms with E-state index in [4.69, 9.17) is 4.74 Å². The first-order valence-corrected chi connectivity index (χ1v) is 5.37. The third kappa shape index (κ3) is 2.04. The molecule has 0 atom stereocenters. The molecule has 0 saturated carbocycles. The van der Waals surface area contributed by atoms with Crippen LogP contribution in [0.4, 0.5) is 0 Å². The van der Waals surface area contributed by atoms with Gasteiger partial charge in [-0.3, -0.25) is 0 Å². The van der Waals surface area contributed by atoms with E-state index in [1.54, 1.807) is 0 Å². The van der Waals surface area contributed by atoms with Crippen molar-refractivity contribution in [2.75, 3.05) is 6.61 Å². The predicted octanol–water partition coefficient (Wildman–Crippen LogP) is 2.43. The van der Waals surface area contributed by atoms with Crippen LogP contribution in [-0.2, 0) is 11.3 Å². The number of benzene rings is 1. The Kier molecular flexibility index (Phi) is 2.51. The van der Waals surface area contributed by atoms with Crippen LogP contribution in [0, 0.1) is 0 Å². The van der Waals surface area contributed by atoms with Crippen LogP contribution in [0.25, 0.3) is 0 Å². The molecule has 0 radical (unpaired) electrons. The van der Waals surface area contributed by atoms with Gasteiger partial charge in [-0.15, -0.1) is 0 Å². The number of nitrogens with zero attached hydrogens (tertiary/aromatic N) is 1. The van der Waals surface area contributed by atoms with Crippen molar-refractivity contribution in [1.82, 2.24) is 0 Å². The molecule has 1 aliphatic heterocycles. The third-order valence-corrected chi connectivity index (χ3v) is 2.93. The lowest BCUT2D eigenvalue weighted by atomic mass is 10.1. The quantitative estimate of drug-likeness (QED) is 0.674. The minimum atomic E-state index is 0.111. The molecule has 1 aromatic rings. The zero-order valence-electron chi connectivity index (χ0n) is 9.66. The molecule has 0 aliphatic carbocycles. The first-order valence-electron chi connectivity index (χ1n) is 5.37. The van der Waals surface area contributed by atoms with Crippen LogP contribution in [0.3, 0.4) is 0 Å². The Morgan fingerprint density at radius 1 is 1.27 bits per heavy atom. The molecular weight excluding hydrogens is 186 g/mol. The normalized spacial score (nSPS) is 19.1. The molecule has 15 heavy (non-hydrogen) atoms. The Hall–Kier alpha value is -1.31. The standard InChI is InChI=1S/C13H18NO/c1-11-14(13(2,3)10-15-11)9-12-7-5-4-6-8-12/h4-8H,9-10H2,1-3H3/q+1. The summed E-state index contributed by atoms with van der Waals surface area (Å²) in [6, 6.07) is 10.5. The topological polar surface area (TPSA) is 12.2 Å². The van der Waals surface area contributed by atoms with E-state index in [1.165, 1.54) is 5.56 Å². The summed E-state index contributed by atoms with van der Waals surface area (Å²) < 4.78 is 7.92. The van der Waals surface area contributed by atoms with E-state index in [-0.39, 0.29) is 5.54 Å². The second kappa shape index (κ2) is 3.69. The highest BCUT2D eigenvalue weighted by Crippen LogP contribution is 2.19. The maximum atomic E-state index is 5.60. The maximum absolute atomic E-state index is 5.60. The van der Waals surface area contributed by atoms with E-state index < -0.39 is 0 Å². The second-order valence-corrected chi connectivity index (χ2v) is 4.69. The lowest BCUT2D eigenvalue weighted by Gasteiger charge is -2.14. The SMILES string of the molecule is CC1=[N+](Cc2ccccc2)C(C)(C)CO1. The molecule has 1 heterocycles. The van der Waals surface area contributed by atoms with Gasteiger partial charge in [-0.25, -0.2) is 0 Å². The molecule has 0 fully saturated rings. The van der Waals surface area contributed by atoms with Crippen LogP contribution in [0.15, 0.2) is 30.3 Å². The van der Waals surface area contributed by atoms with Crippen molar-refractivity contribution in [3.8, 4) is 0 Å². The van der Waals surface area contributed by atoms with Gasteiger partial charge in [-0.05, 0) is 0 Å². The van der Waals surface area contributed by atoms with Gasteiger partial charge in [0.2, 0.25) is 0 Å². The molecular formula is C13H18NO+. The Bertz CT molecular complexity index is 379. The van der Waals surface area contributed by atoms with Crippen LogP contribution in [0.5, 0.6) is 0 Å². The molecule has 0 amide bonds. The van der Waals surface area contributed by atoms with E-state index >= 15 is 0 Å². The van der Waals surface area contributed by atoms with E-state index in [1.807, 2.05) is 13.0 Å². The maximum Gasteiger partial charge on any atom is 0.334 e. The van der Waals surface area contributed by atoms with Crippen molar-refractivity contribution < 1.29 is 9.31 Å².